The van der Waals surface area contributed by atoms with E-state index in [2.05, 4.69) is 47.1 Å². The van der Waals surface area contributed by atoms with Crippen molar-refractivity contribution < 1.29 is 4.74 Å². The molecule has 0 bridgehead atoms. The van der Waals surface area contributed by atoms with Crippen LogP contribution in [0.2, 0.25) is 0 Å². The van der Waals surface area contributed by atoms with Crippen LogP contribution in [0.4, 0.5) is 5.69 Å². The standard InChI is InChI=1S/C17H23N3O/c1-12(2)20-16(17(21-3)11-19-20)10-13-6-7-15-14(9-13)5-4-8-18-15/h6-7,9,11-12,18H,4-5,8,10H2,1-3H3. The highest BCUT2D eigenvalue weighted by atomic mass is 16.5. The molecular formula is C17H23N3O. The van der Waals surface area contributed by atoms with Gasteiger partial charge in [-0.2, -0.15) is 5.10 Å². The molecular weight excluding hydrogens is 262 g/mol. The topological polar surface area (TPSA) is 39.1 Å². The molecule has 0 saturated heterocycles. The SMILES string of the molecule is COc1cnn(C(C)C)c1Cc1ccc2c(c1)CCCN2. The average molecular weight is 285 g/mol. The molecule has 1 aliphatic heterocycles. The van der Waals surface area contributed by atoms with Gasteiger partial charge < -0.3 is 10.1 Å². The van der Waals surface area contributed by atoms with Crippen LogP contribution < -0.4 is 10.1 Å². The van der Waals surface area contributed by atoms with Crippen molar-refractivity contribution in [3.63, 3.8) is 0 Å². The van der Waals surface area contributed by atoms with Gasteiger partial charge >= 0.3 is 0 Å². The third-order valence-electron chi connectivity index (χ3n) is 4.05. The van der Waals surface area contributed by atoms with Crippen molar-refractivity contribution >= 4 is 5.69 Å². The number of methoxy groups -OCH3 is 1. The zero-order valence-corrected chi connectivity index (χ0v) is 13.0. The molecule has 0 saturated carbocycles. The number of anilines is 1. The Balaban J connectivity index is 1.91. The van der Waals surface area contributed by atoms with Gasteiger partial charge in [-0.3, -0.25) is 4.68 Å². The Hall–Kier alpha value is -1.97. The van der Waals surface area contributed by atoms with Gasteiger partial charge in [-0.15, -0.1) is 0 Å². The maximum atomic E-state index is 5.47. The number of hydrogen-bond donors (Lipinski definition) is 1. The Labute approximate surface area is 126 Å². The second-order valence-corrected chi connectivity index (χ2v) is 5.90. The van der Waals surface area contributed by atoms with E-state index in [0.717, 1.165) is 30.8 Å². The predicted octanol–water partition coefficient (Wildman–Crippen LogP) is 3.42. The number of hydrogen-bond acceptors (Lipinski definition) is 3. The first-order valence-corrected chi connectivity index (χ1v) is 7.65. The highest BCUT2D eigenvalue weighted by Crippen LogP contribution is 2.27. The van der Waals surface area contributed by atoms with Gasteiger partial charge in [-0.1, -0.05) is 12.1 Å². The first-order valence-electron chi connectivity index (χ1n) is 7.65. The lowest BCUT2D eigenvalue weighted by Gasteiger charge is -2.19. The van der Waals surface area contributed by atoms with Gasteiger partial charge in [-0.25, -0.2) is 0 Å². The van der Waals surface area contributed by atoms with Gasteiger partial charge in [0, 0.05) is 24.7 Å². The zero-order valence-electron chi connectivity index (χ0n) is 13.0. The summed E-state index contributed by atoms with van der Waals surface area (Å²) in [5.74, 6) is 0.875. The van der Waals surface area contributed by atoms with Gasteiger partial charge in [0.25, 0.3) is 0 Å². The quantitative estimate of drug-likeness (QED) is 0.935. The molecule has 0 fully saturated rings. The van der Waals surface area contributed by atoms with E-state index in [9.17, 15) is 0 Å². The van der Waals surface area contributed by atoms with Gasteiger partial charge in [0.05, 0.1) is 19.0 Å². The summed E-state index contributed by atoms with van der Waals surface area (Å²) in [6, 6.07) is 7.06. The van der Waals surface area contributed by atoms with Crippen LogP contribution in [0.15, 0.2) is 24.4 Å². The highest BCUT2D eigenvalue weighted by Gasteiger charge is 2.15. The number of rotatable bonds is 4. The fourth-order valence-electron chi connectivity index (χ4n) is 2.99. The summed E-state index contributed by atoms with van der Waals surface area (Å²) in [4.78, 5) is 0. The second kappa shape index (κ2) is 5.80. The molecule has 0 unspecified atom stereocenters. The van der Waals surface area contributed by atoms with Crippen LogP contribution in [-0.4, -0.2) is 23.4 Å². The Bertz CT molecular complexity index is 631. The Kier molecular flexibility index (Phi) is 3.86. The molecule has 112 valence electrons. The molecule has 21 heavy (non-hydrogen) atoms. The van der Waals surface area contributed by atoms with E-state index in [-0.39, 0.29) is 0 Å². The minimum Gasteiger partial charge on any atom is -0.493 e. The number of fused-ring (bicyclic) bond motifs is 1. The van der Waals surface area contributed by atoms with Crippen LogP contribution >= 0.6 is 0 Å². The minimum absolute atomic E-state index is 0.336. The lowest BCUT2D eigenvalue weighted by atomic mass is 9.98. The molecule has 1 N–H and O–H groups in total. The molecule has 1 aromatic carbocycles. The minimum atomic E-state index is 0.336. The van der Waals surface area contributed by atoms with Crippen LogP contribution in [0.25, 0.3) is 0 Å². The molecule has 0 atom stereocenters. The van der Waals surface area contributed by atoms with E-state index in [0.29, 0.717) is 6.04 Å². The number of nitrogens with zero attached hydrogens (tertiary/aromatic N) is 2. The van der Waals surface area contributed by atoms with E-state index >= 15 is 0 Å². The monoisotopic (exact) mass is 285 g/mol. The van der Waals surface area contributed by atoms with Crippen LogP contribution in [0.5, 0.6) is 5.75 Å². The number of nitrogens with one attached hydrogen (secondary N) is 1. The van der Waals surface area contributed by atoms with Gasteiger partial charge in [-0.05, 0) is 43.9 Å². The first kappa shape index (κ1) is 14.0. The van der Waals surface area contributed by atoms with Crippen LogP contribution in [0.1, 0.15) is 43.1 Å². The fourth-order valence-corrected chi connectivity index (χ4v) is 2.99. The van der Waals surface area contributed by atoms with E-state index in [1.54, 1.807) is 7.11 Å². The predicted molar refractivity (Wildman–Crippen MR) is 85.2 cm³/mol. The summed E-state index contributed by atoms with van der Waals surface area (Å²) in [7, 11) is 1.71. The first-order chi connectivity index (χ1) is 10.2. The van der Waals surface area contributed by atoms with Crippen LogP contribution in [0, 0.1) is 0 Å². The van der Waals surface area contributed by atoms with Crippen molar-refractivity contribution in [1.29, 1.82) is 0 Å². The van der Waals surface area contributed by atoms with Crippen LogP contribution in [-0.2, 0) is 12.8 Å². The number of aryl methyl sites for hydroxylation is 1. The van der Waals surface area contributed by atoms with Gasteiger partial charge in [0.1, 0.15) is 0 Å². The number of ether oxygens (including phenoxy) is 1. The molecule has 1 aliphatic rings. The molecule has 2 aromatic rings. The molecule has 2 heterocycles. The van der Waals surface area contributed by atoms with E-state index in [4.69, 9.17) is 4.74 Å². The summed E-state index contributed by atoms with van der Waals surface area (Å²) in [6.45, 7) is 5.37. The van der Waals surface area contributed by atoms with E-state index in [1.165, 1.54) is 23.2 Å². The summed E-state index contributed by atoms with van der Waals surface area (Å²) < 4.78 is 7.52. The van der Waals surface area contributed by atoms with Crippen molar-refractivity contribution in [2.75, 3.05) is 19.0 Å². The maximum absolute atomic E-state index is 5.47. The third kappa shape index (κ3) is 2.75. The second-order valence-electron chi connectivity index (χ2n) is 5.90. The normalized spacial score (nSPS) is 13.9. The Morgan fingerprint density at radius 3 is 3.00 bits per heavy atom. The number of aromatic nitrogens is 2. The molecule has 0 spiro atoms. The van der Waals surface area contributed by atoms with Crippen LogP contribution in [0.3, 0.4) is 0 Å². The largest absolute Gasteiger partial charge is 0.493 e. The van der Waals surface area contributed by atoms with Crippen molar-refractivity contribution in [1.82, 2.24) is 9.78 Å². The summed E-state index contributed by atoms with van der Waals surface area (Å²) in [6.07, 6.45) is 5.05. The summed E-state index contributed by atoms with van der Waals surface area (Å²) >= 11 is 0. The number of benzene rings is 1. The fraction of sp³-hybridized carbons (Fsp3) is 0.471. The van der Waals surface area contributed by atoms with Gasteiger partial charge in [0.2, 0.25) is 0 Å². The Morgan fingerprint density at radius 2 is 2.24 bits per heavy atom. The highest BCUT2D eigenvalue weighted by molar-refractivity contribution is 5.55. The molecule has 3 rings (SSSR count). The molecule has 1 aromatic heterocycles. The smallest absolute Gasteiger partial charge is 0.160 e. The van der Waals surface area contributed by atoms with Crippen molar-refractivity contribution in [2.45, 2.75) is 39.2 Å². The summed E-state index contributed by atoms with van der Waals surface area (Å²) in [5, 5.41) is 7.91. The Morgan fingerprint density at radius 1 is 1.38 bits per heavy atom. The molecule has 4 nitrogen and oxygen atoms in total. The van der Waals surface area contributed by atoms with Gasteiger partial charge in [0.15, 0.2) is 5.75 Å². The van der Waals surface area contributed by atoms with Crippen molar-refractivity contribution in [3.8, 4) is 5.75 Å². The zero-order chi connectivity index (χ0) is 14.8. The van der Waals surface area contributed by atoms with E-state index < -0.39 is 0 Å². The van der Waals surface area contributed by atoms with Crippen molar-refractivity contribution in [3.05, 3.63) is 41.2 Å². The van der Waals surface area contributed by atoms with E-state index in [1.807, 2.05) is 6.20 Å². The average Bonchev–Trinajstić information content (AvgIpc) is 2.90. The third-order valence-corrected chi connectivity index (χ3v) is 4.05. The molecule has 0 radical (unpaired) electrons. The molecule has 4 heteroatoms. The molecule has 0 aliphatic carbocycles. The maximum Gasteiger partial charge on any atom is 0.160 e. The lowest BCUT2D eigenvalue weighted by Crippen LogP contribution is -2.12. The lowest BCUT2D eigenvalue weighted by molar-refractivity contribution is 0.406. The summed E-state index contributed by atoms with van der Waals surface area (Å²) in [5.41, 5.74) is 5.18. The molecule has 0 amide bonds. The van der Waals surface area contributed by atoms with Crippen molar-refractivity contribution in [2.24, 2.45) is 0 Å².